The molecular weight excluding hydrogens is 371 g/mol. The number of hydrogen-bond donors (Lipinski definition) is 0. The molecule has 0 aromatic carbocycles. The molecule has 0 rings (SSSR count). The Hall–Kier alpha value is -1.53. The van der Waals surface area contributed by atoms with Crippen molar-refractivity contribution in [3.8, 4) is 0 Å². The van der Waals surface area contributed by atoms with Gasteiger partial charge in [-0.2, -0.15) is 6.42 Å². The monoisotopic (exact) mass is 382 g/mol. The van der Waals surface area contributed by atoms with Crippen LogP contribution in [0.5, 0.6) is 0 Å². The summed E-state index contributed by atoms with van der Waals surface area (Å²) in [6.07, 6.45) is 2.13. The molecular formula is C6H11O2Rf-. The molecule has 0 N–H and O–H groups in total. The van der Waals surface area contributed by atoms with Gasteiger partial charge in [0.2, 0.25) is 0 Å². The van der Waals surface area contributed by atoms with Gasteiger partial charge in [-0.15, -0.1) is 0 Å². The van der Waals surface area contributed by atoms with Gasteiger partial charge in [0.15, 0.2) is 0 Å². The first-order valence-electron chi connectivity index (χ1n) is 2.67. The number of rotatable bonds is 3. The van der Waals surface area contributed by atoms with Crippen LogP contribution in [0.25, 0.3) is 0 Å². The molecule has 0 saturated heterocycles. The first kappa shape index (κ1) is 10.5. The molecule has 50 valence electrons. The second kappa shape index (κ2) is 6.47. The van der Waals surface area contributed by atoms with Crippen molar-refractivity contribution in [1.82, 2.24) is 0 Å². The summed E-state index contributed by atoms with van der Waals surface area (Å²) >= 11 is 0. The summed E-state index contributed by atoms with van der Waals surface area (Å²) in [5.41, 5.74) is 0. The Morgan fingerprint density at radius 1 is 1.67 bits per heavy atom. The van der Waals surface area contributed by atoms with Gasteiger partial charge in [0, 0.05) is 6.42 Å². The fraction of sp³-hybridized carbons (Fsp3) is 0.667. The maximum absolute atomic E-state index is 10.3. The van der Waals surface area contributed by atoms with E-state index in [9.17, 15) is 4.79 Å². The van der Waals surface area contributed by atoms with Gasteiger partial charge in [-0.3, -0.25) is 4.79 Å². The maximum Gasteiger partial charge on any atom is 0.305 e. The molecule has 2 nitrogen and oxygen atoms in total. The molecule has 0 heterocycles. The van der Waals surface area contributed by atoms with Gasteiger partial charge in [-0.25, -0.2) is 0 Å². The van der Waals surface area contributed by atoms with Crippen LogP contribution >= 0.6 is 0 Å². The molecule has 0 saturated carbocycles. The Kier molecular flexibility index (Phi) is 7.51. The van der Waals surface area contributed by atoms with Crippen molar-refractivity contribution in [2.45, 2.75) is 19.3 Å². The number of hydrogen-bond acceptors (Lipinski definition) is 2. The molecule has 0 aromatic heterocycles. The molecule has 0 aromatic rings. The number of unbranched alkanes of at least 4 members (excludes halogenated alkanes) is 1. The average molecular weight is 382 g/mol. The van der Waals surface area contributed by atoms with Gasteiger partial charge in [-0.05, 0) is 0 Å². The predicted molar refractivity (Wildman–Crippen MR) is 31.2 cm³/mol. The summed E-state index contributed by atoms with van der Waals surface area (Å²) in [6, 6.07) is 0. The maximum atomic E-state index is 10.3. The van der Waals surface area contributed by atoms with Crippen LogP contribution in [0.15, 0.2) is 0 Å². The number of carbonyl (C=O) groups excluding carboxylic acids is 1. The minimum atomic E-state index is -0.145. The van der Waals surface area contributed by atoms with E-state index in [1.165, 1.54) is 7.11 Å². The standard InChI is InChI=1S/C6H11O2.Rf/c1-3-4-5-6(7)8-2;/h1,3-5H2,2H3;/q-1;. The van der Waals surface area contributed by atoms with Gasteiger partial charge in [0.1, 0.15) is 0 Å². The Bertz CT molecular complexity index is 73.5. The van der Waals surface area contributed by atoms with Gasteiger partial charge in [0.25, 0.3) is 0 Å². The van der Waals surface area contributed by atoms with Crippen LogP contribution in [0.3, 0.4) is 0 Å². The van der Waals surface area contributed by atoms with E-state index >= 15 is 0 Å². The summed E-state index contributed by atoms with van der Waals surface area (Å²) in [7, 11) is 1.39. The van der Waals surface area contributed by atoms with E-state index < -0.39 is 0 Å². The smallest absolute Gasteiger partial charge is 0.305 e. The largest absolute Gasteiger partial charge is 0.469 e. The minimum Gasteiger partial charge on any atom is -0.469 e. The SMILES string of the molecule is [CH2-]CCCC(=O)OC.[Rf]. The Balaban J connectivity index is 0. The van der Waals surface area contributed by atoms with Gasteiger partial charge < -0.3 is 11.7 Å². The van der Waals surface area contributed by atoms with Crippen LogP contribution in [0.4, 0.5) is 0 Å². The summed E-state index contributed by atoms with van der Waals surface area (Å²) in [4.78, 5) is 10.3. The van der Waals surface area contributed by atoms with Crippen LogP contribution < -0.4 is 0 Å². The molecule has 0 spiro atoms. The Labute approximate surface area is 49.8 Å². The van der Waals surface area contributed by atoms with Crippen molar-refractivity contribution < 1.29 is 9.53 Å². The van der Waals surface area contributed by atoms with Gasteiger partial charge >= 0.3 is 5.97 Å². The van der Waals surface area contributed by atoms with Crippen molar-refractivity contribution in [3.63, 3.8) is 0 Å². The zero-order valence-electron chi connectivity index (χ0n) is 5.85. The van der Waals surface area contributed by atoms with Crippen molar-refractivity contribution in [3.05, 3.63) is 6.92 Å². The summed E-state index contributed by atoms with van der Waals surface area (Å²) in [5.74, 6) is -0.145. The van der Waals surface area contributed by atoms with Crippen molar-refractivity contribution in [2.75, 3.05) is 7.11 Å². The average Bonchev–Trinajstić information content (AvgIpc) is 1.83. The molecule has 0 atom stereocenters. The van der Waals surface area contributed by atoms with Crippen LogP contribution in [0.2, 0.25) is 0 Å². The predicted octanol–water partition coefficient (Wildman–Crippen LogP) is 1.16. The van der Waals surface area contributed by atoms with Crippen LogP contribution in [-0.4, -0.2) is 13.1 Å². The van der Waals surface area contributed by atoms with E-state index in [1.807, 2.05) is 0 Å². The molecule has 9 heavy (non-hydrogen) atoms. The number of ether oxygens (including phenoxy) is 1. The summed E-state index contributed by atoms with van der Waals surface area (Å²) < 4.78 is 4.39. The molecule has 0 bridgehead atoms. The quantitative estimate of drug-likeness (QED) is 0.541. The topological polar surface area (TPSA) is 26.3 Å². The zero-order chi connectivity index (χ0) is 6.41. The van der Waals surface area contributed by atoms with Crippen molar-refractivity contribution >= 4 is 5.97 Å². The summed E-state index contributed by atoms with van der Waals surface area (Å²) in [5, 5.41) is 0. The van der Waals surface area contributed by atoms with E-state index in [1.54, 1.807) is 0 Å². The zero-order valence-corrected chi connectivity index (χ0v) is 12.3. The first-order chi connectivity index (χ1) is 3.81. The number of esters is 1. The van der Waals surface area contributed by atoms with E-state index in [4.69, 9.17) is 0 Å². The van der Waals surface area contributed by atoms with Crippen LogP contribution in [-0.2, 0) is 9.53 Å². The minimum absolute atomic E-state index is 0. The fourth-order valence-electron chi connectivity index (χ4n) is 0.371. The first-order valence-corrected chi connectivity index (χ1v) is 2.67. The molecule has 0 radical (unpaired) electrons. The molecule has 0 fully saturated rings. The molecule has 0 unspecified atom stereocenters. The van der Waals surface area contributed by atoms with E-state index in [0.717, 1.165) is 12.8 Å². The molecule has 0 amide bonds. The van der Waals surface area contributed by atoms with Crippen molar-refractivity contribution in [2.24, 2.45) is 0 Å². The number of methoxy groups -OCH3 is 1. The van der Waals surface area contributed by atoms with Crippen LogP contribution in [0, 0.1) is 6.92 Å². The van der Waals surface area contributed by atoms with Crippen molar-refractivity contribution in [1.29, 1.82) is 0 Å². The second-order valence-electron chi connectivity index (χ2n) is 1.53. The molecule has 0 aliphatic rings. The van der Waals surface area contributed by atoms with Gasteiger partial charge in [-0.1, -0.05) is 6.42 Å². The third-order valence-corrected chi connectivity index (χ3v) is 0.859. The van der Waals surface area contributed by atoms with E-state index in [2.05, 4.69) is 11.7 Å². The fourth-order valence-corrected chi connectivity index (χ4v) is 0.371. The van der Waals surface area contributed by atoms with Crippen LogP contribution in [0.1, 0.15) is 19.3 Å². The third-order valence-electron chi connectivity index (χ3n) is 0.859. The second-order valence-corrected chi connectivity index (χ2v) is 1.53. The number of carbonyl (C=O) groups is 1. The molecule has 3 heteroatoms. The third kappa shape index (κ3) is 6.47. The summed E-state index contributed by atoms with van der Waals surface area (Å²) in [6.45, 7) is 3.58. The van der Waals surface area contributed by atoms with E-state index in [-0.39, 0.29) is 5.97 Å². The Morgan fingerprint density at radius 2 is 2.22 bits per heavy atom. The van der Waals surface area contributed by atoms with E-state index in [0.29, 0.717) is 6.42 Å². The molecule has 0 aliphatic heterocycles. The van der Waals surface area contributed by atoms with Gasteiger partial charge in [0.05, 0.1) is 7.11 Å². The molecule has 0 aliphatic carbocycles. The Morgan fingerprint density at radius 3 is 2.56 bits per heavy atom. The normalized spacial score (nSPS) is 7.78.